The molecule has 0 aromatic heterocycles. The average molecular weight is 286 g/mol. The molecule has 1 unspecified atom stereocenters. The van der Waals surface area contributed by atoms with Crippen LogP contribution in [-0.4, -0.2) is 35.4 Å². The number of ether oxygens (including phenoxy) is 1. The third-order valence-corrected chi connectivity index (χ3v) is 2.96. The van der Waals surface area contributed by atoms with Crippen LogP contribution in [0.1, 0.15) is 51.9 Å². The van der Waals surface area contributed by atoms with Crippen molar-refractivity contribution >= 4 is 11.9 Å². The first-order valence-corrected chi connectivity index (χ1v) is 7.22. The van der Waals surface area contributed by atoms with E-state index in [1.54, 1.807) is 0 Å². The maximum atomic E-state index is 11.7. The Bertz CT molecular complexity index is 299. The molecule has 0 fully saturated rings. The van der Waals surface area contributed by atoms with Crippen molar-refractivity contribution in [1.82, 2.24) is 0 Å². The molecule has 0 rings (SSSR count). The van der Waals surface area contributed by atoms with E-state index >= 15 is 0 Å². The van der Waals surface area contributed by atoms with Gasteiger partial charge < -0.3 is 14.9 Å². The molecule has 0 aliphatic carbocycles. The third-order valence-electron chi connectivity index (χ3n) is 2.96. The SMILES string of the molecule is C/C=C/CCCCCC(CC(=O)O)C(=O)OCCCO. The molecule has 1 atom stereocenters. The normalized spacial score (nSPS) is 12.5. The molecule has 0 spiro atoms. The van der Waals surface area contributed by atoms with E-state index in [0.717, 1.165) is 25.7 Å². The lowest BCUT2D eigenvalue weighted by atomic mass is 9.97. The first kappa shape index (κ1) is 18.6. The number of unbranched alkanes of at least 4 members (excludes halogenated alkanes) is 3. The number of aliphatic hydroxyl groups is 1. The molecule has 116 valence electrons. The second kappa shape index (κ2) is 12.7. The summed E-state index contributed by atoms with van der Waals surface area (Å²) in [6, 6.07) is 0. The number of esters is 1. The second-order valence-corrected chi connectivity index (χ2v) is 4.75. The van der Waals surface area contributed by atoms with Gasteiger partial charge in [-0.25, -0.2) is 0 Å². The van der Waals surface area contributed by atoms with Gasteiger partial charge >= 0.3 is 11.9 Å². The van der Waals surface area contributed by atoms with Gasteiger partial charge in [0.1, 0.15) is 0 Å². The van der Waals surface area contributed by atoms with Crippen LogP contribution in [0.25, 0.3) is 0 Å². The van der Waals surface area contributed by atoms with Crippen LogP contribution in [0.15, 0.2) is 12.2 Å². The largest absolute Gasteiger partial charge is 0.481 e. The number of allylic oxidation sites excluding steroid dienone is 2. The summed E-state index contributed by atoms with van der Waals surface area (Å²) in [5.74, 6) is -2.02. The third kappa shape index (κ3) is 10.6. The van der Waals surface area contributed by atoms with Gasteiger partial charge in [0.2, 0.25) is 0 Å². The molecule has 0 aliphatic heterocycles. The highest BCUT2D eigenvalue weighted by molar-refractivity contribution is 5.79. The Morgan fingerprint density at radius 2 is 1.95 bits per heavy atom. The molecule has 0 heterocycles. The predicted molar refractivity (Wildman–Crippen MR) is 76.3 cm³/mol. The lowest BCUT2D eigenvalue weighted by molar-refractivity contribution is -0.153. The van der Waals surface area contributed by atoms with E-state index < -0.39 is 17.9 Å². The summed E-state index contributed by atoms with van der Waals surface area (Å²) in [6.45, 7) is 2.08. The van der Waals surface area contributed by atoms with Crippen molar-refractivity contribution in [2.24, 2.45) is 5.92 Å². The molecule has 0 bridgehead atoms. The number of rotatable bonds is 12. The van der Waals surface area contributed by atoms with E-state index in [-0.39, 0.29) is 19.6 Å². The summed E-state index contributed by atoms with van der Waals surface area (Å²) >= 11 is 0. The Morgan fingerprint density at radius 3 is 2.55 bits per heavy atom. The van der Waals surface area contributed by atoms with Gasteiger partial charge in [-0.2, -0.15) is 0 Å². The molecule has 0 aromatic rings. The van der Waals surface area contributed by atoms with Crippen LogP contribution in [0, 0.1) is 5.92 Å². The van der Waals surface area contributed by atoms with E-state index in [4.69, 9.17) is 14.9 Å². The Hall–Kier alpha value is -1.36. The predicted octanol–water partition coefficient (Wildman–Crippen LogP) is 2.53. The number of carboxylic acid groups (broad SMARTS) is 1. The van der Waals surface area contributed by atoms with Crippen molar-refractivity contribution in [1.29, 1.82) is 0 Å². The van der Waals surface area contributed by atoms with Crippen LogP contribution in [-0.2, 0) is 14.3 Å². The number of carbonyl (C=O) groups is 2. The van der Waals surface area contributed by atoms with Crippen molar-refractivity contribution in [3.8, 4) is 0 Å². The Morgan fingerprint density at radius 1 is 1.20 bits per heavy atom. The van der Waals surface area contributed by atoms with Gasteiger partial charge in [0, 0.05) is 13.0 Å². The maximum Gasteiger partial charge on any atom is 0.309 e. The van der Waals surface area contributed by atoms with Gasteiger partial charge in [0.25, 0.3) is 0 Å². The fourth-order valence-corrected chi connectivity index (χ4v) is 1.87. The zero-order valence-electron chi connectivity index (χ0n) is 12.2. The standard InChI is InChI=1S/C15H26O5/c1-2-3-4-5-6-7-9-13(12-14(17)18)15(19)20-11-8-10-16/h2-3,13,16H,4-12H2,1H3,(H,17,18)/b3-2+. The number of hydrogen-bond donors (Lipinski definition) is 2. The number of hydrogen-bond acceptors (Lipinski definition) is 4. The zero-order valence-corrected chi connectivity index (χ0v) is 12.2. The summed E-state index contributed by atoms with van der Waals surface area (Å²) in [5, 5.41) is 17.4. The van der Waals surface area contributed by atoms with Gasteiger partial charge in [-0.05, 0) is 26.2 Å². The Kier molecular flexibility index (Phi) is 11.8. The molecule has 2 N–H and O–H groups in total. The number of carbonyl (C=O) groups excluding carboxylic acids is 1. The van der Waals surface area contributed by atoms with Crippen LogP contribution in [0.4, 0.5) is 0 Å². The summed E-state index contributed by atoms with van der Waals surface area (Å²) in [4.78, 5) is 22.5. The van der Waals surface area contributed by atoms with Crippen molar-refractivity contribution in [3.05, 3.63) is 12.2 Å². The lowest BCUT2D eigenvalue weighted by Crippen LogP contribution is -2.21. The molecule has 20 heavy (non-hydrogen) atoms. The van der Waals surface area contributed by atoms with Crippen LogP contribution < -0.4 is 0 Å². The number of aliphatic carboxylic acids is 1. The fourth-order valence-electron chi connectivity index (χ4n) is 1.87. The molecular weight excluding hydrogens is 260 g/mol. The van der Waals surface area contributed by atoms with Crippen molar-refractivity contribution in [3.63, 3.8) is 0 Å². The van der Waals surface area contributed by atoms with Gasteiger partial charge in [-0.1, -0.05) is 25.0 Å². The summed E-state index contributed by atoms with van der Waals surface area (Å²) in [5.41, 5.74) is 0. The molecule has 0 saturated carbocycles. The summed E-state index contributed by atoms with van der Waals surface area (Å²) < 4.78 is 4.97. The second-order valence-electron chi connectivity index (χ2n) is 4.75. The van der Waals surface area contributed by atoms with Crippen LogP contribution >= 0.6 is 0 Å². The smallest absolute Gasteiger partial charge is 0.309 e. The summed E-state index contributed by atoms with van der Waals surface area (Å²) in [7, 11) is 0. The maximum absolute atomic E-state index is 11.7. The molecule has 0 aliphatic rings. The highest BCUT2D eigenvalue weighted by atomic mass is 16.5. The van der Waals surface area contributed by atoms with Gasteiger partial charge in [0.05, 0.1) is 18.9 Å². The van der Waals surface area contributed by atoms with E-state index in [1.165, 1.54) is 0 Å². The van der Waals surface area contributed by atoms with Crippen molar-refractivity contribution in [2.75, 3.05) is 13.2 Å². The monoisotopic (exact) mass is 286 g/mol. The van der Waals surface area contributed by atoms with E-state index in [1.807, 2.05) is 13.0 Å². The van der Waals surface area contributed by atoms with Gasteiger partial charge in [-0.15, -0.1) is 0 Å². The molecule has 5 heteroatoms. The highest BCUT2D eigenvalue weighted by Gasteiger charge is 2.22. The fraction of sp³-hybridized carbons (Fsp3) is 0.733. The number of aliphatic hydroxyl groups excluding tert-OH is 1. The van der Waals surface area contributed by atoms with E-state index in [0.29, 0.717) is 12.8 Å². The Balaban J connectivity index is 4.00. The Labute approximate surface area is 120 Å². The minimum absolute atomic E-state index is 0.0399. The van der Waals surface area contributed by atoms with E-state index in [2.05, 4.69) is 6.08 Å². The van der Waals surface area contributed by atoms with Crippen molar-refractivity contribution in [2.45, 2.75) is 51.9 Å². The molecule has 5 nitrogen and oxygen atoms in total. The molecule has 0 aromatic carbocycles. The zero-order chi connectivity index (χ0) is 15.2. The van der Waals surface area contributed by atoms with Crippen LogP contribution in [0.2, 0.25) is 0 Å². The minimum Gasteiger partial charge on any atom is -0.481 e. The van der Waals surface area contributed by atoms with Crippen LogP contribution in [0.3, 0.4) is 0 Å². The minimum atomic E-state index is -0.983. The average Bonchev–Trinajstić information content (AvgIpc) is 2.41. The first-order valence-electron chi connectivity index (χ1n) is 7.22. The van der Waals surface area contributed by atoms with Gasteiger partial charge in [0.15, 0.2) is 0 Å². The van der Waals surface area contributed by atoms with E-state index in [9.17, 15) is 9.59 Å². The molecule has 0 saturated heterocycles. The molecule has 0 amide bonds. The summed E-state index contributed by atoms with van der Waals surface area (Å²) in [6.07, 6.45) is 8.70. The van der Waals surface area contributed by atoms with Crippen LogP contribution in [0.5, 0.6) is 0 Å². The molecular formula is C15H26O5. The number of carboxylic acids is 1. The first-order chi connectivity index (χ1) is 9.61. The molecule has 0 radical (unpaired) electrons. The topological polar surface area (TPSA) is 83.8 Å². The van der Waals surface area contributed by atoms with Crippen molar-refractivity contribution < 1.29 is 24.5 Å². The highest BCUT2D eigenvalue weighted by Crippen LogP contribution is 2.16. The quantitative estimate of drug-likeness (QED) is 0.327. The lowest BCUT2D eigenvalue weighted by Gasteiger charge is -2.13. The van der Waals surface area contributed by atoms with Gasteiger partial charge in [-0.3, -0.25) is 9.59 Å².